The molecule has 340 valence electrons. The third-order valence-electron chi connectivity index (χ3n) is 13.7. The molecule has 5 amide bonds. The molecule has 3 aliphatic heterocycles. The van der Waals surface area contributed by atoms with Gasteiger partial charge in [0.1, 0.15) is 23.6 Å². The normalized spacial score (nSPS) is 16.8. The molecule has 3 aliphatic rings. The van der Waals surface area contributed by atoms with Gasteiger partial charge in [0, 0.05) is 66.2 Å². The van der Waals surface area contributed by atoms with Crippen LogP contribution in [0.4, 0.5) is 25.0 Å². The van der Waals surface area contributed by atoms with Gasteiger partial charge in [-0.2, -0.15) is 0 Å². The molecule has 0 saturated carbocycles. The Kier molecular flexibility index (Phi) is 12.0. The predicted molar refractivity (Wildman–Crippen MR) is 248 cm³/mol. The smallest absolute Gasteiger partial charge is 0.328 e. The van der Waals surface area contributed by atoms with Crippen LogP contribution >= 0.6 is 0 Å². The molecule has 0 bridgehead atoms. The Balaban J connectivity index is 0.793. The first kappa shape index (κ1) is 44.4. The average molecular weight is 895 g/mol. The van der Waals surface area contributed by atoms with E-state index in [-0.39, 0.29) is 41.4 Å². The van der Waals surface area contributed by atoms with Gasteiger partial charge >= 0.3 is 6.03 Å². The zero-order valence-electron chi connectivity index (χ0n) is 37.2. The first-order valence-corrected chi connectivity index (χ1v) is 22.4. The van der Waals surface area contributed by atoms with E-state index in [0.717, 1.165) is 69.1 Å². The predicted octanol–water partition coefficient (Wildman–Crippen LogP) is 8.37. The van der Waals surface area contributed by atoms with Crippen LogP contribution in [0.1, 0.15) is 83.4 Å². The second-order valence-electron chi connectivity index (χ2n) is 18.4. The molecule has 0 radical (unpaired) electrons. The number of amides is 5. The van der Waals surface area contributed by atoms with E-state index in [1.165, 1.54) is 54.9 Å². The zero-order chi connectivity index (χ0) is 46.3. The summed E-state index contributed by atoms with van der Waals surface area (Å²) in [5, 5.41) is 15.9. The number of nitrogens with zero attached hydrogens (tertiary/aromatic N) is 5. The van der Waals surface area contributed by atoms with Crippen molar-refractivity contribution in [2.75, 3.05) is 49.5 Å². The summed E-state index contributed by atoms with van der Waals surface area (Å²) >= 11 is 0. The minimum absolute atomic E-state index is 0.0306. The van der Waals surface area contributed by atoms with Crippen molar-refractivity contribution in [2.24, 2.45) is 5.41 Å². The van der Waals surface area contributed by atoms with E-state index >= 15 is 4.39 Å². The summed E-state index contributed by atoms with van der Waals surface area (Å²) in [5.74, 6) is -2.48. The Morgan fingerprint density at radius 3 is 2.33 bits per heavy atom. The molecule has 5 heterocycles. The molecule has 0 unspecified atom stereocenters. The number of likely N-dealkylation sites (tertiary alicyclic amines) is 2. The third kappa shape index (κ3) is 9.18. The van der Waals surface area contributed by atoms with Crippen molar-refractivity contribution in [1.29, 1.82) is 0 Å². The summed E-state index contributed by atoms with van der Waals surface area (Å²) in [6.45, 7) is 9.46. The monoisotopic (exact) mass is 894 g/mol. The van der Waals surface area contributed by atoms with Crippen LogP contribution in [-0.2, 0) is 16.8 Å². The van der Waals surface area contributed by atoms with Gasteiger partial charge in [-0.05, 0) is 142 Å². The Morgan fingerprint density at radius 1 is 0.879 bits per heavy atom. The highest BCUT2D eigenvalue weighted by molar-refractivity contribution is 6.07. The van der Waals surface area contributed by atoms with Gasteiger partial charge < -0.3 is 25.2 Å². The van der Waals surface area contributed by atoms with Gasteiger partial charge in [0.15, 0.2) is 0 Å². The molecule has 3 fully saturated rings. The Hall–Kier alpha value is -6.84. The first-order chi connectivity index (χ1) is 31.6. The van der Waals surface area contributed by atoms with Crippen molar-refractivity contribution in [3.8, 4) is 22.5 Å². The number of aliphatic hydroxyl groups is 1. The van der Waals surface area contributed by atoms with Gasteiger partial charge in [-0.25, -0.2) is 23.5 Å². The largest absolute Gasteiger partial charge is 0.386 e. The number of benzene rings is 4. The lowest BCUT2D eigenvalue weighted by Crippen LogP contribution is -2.49. The van der Waals surface area contributed by atoms with Gasteiger partial charge in [-0.3, -0.25) is 24.6 Å². The summed E-state index contributed by atoms with van der Waals surface area (Å²) in [4.78, 5) is 69.1. The minimum atomic E-state index is -1.29. The van der Waals surface area contributed by atoms with Crippen LogP contribution in [-0.4, -0.2) is 92.9 Å². The molecule has 6 aromatic rings. The SMILES string of the molecule is Cc1c(NC(=O)c2ccc(C(C)(C)O)cc2F)cc(F)cc1-c1ncnc2[nH]c(-c3ccc(CCN4CCC5(CC4)CCN(C(=O)c4cccc(N6CCC(=O)NC6=O)c4)CC5)cc3)cc12. The molecule has 3 saturated heterocycles. The molecule has 4 N–H and O–H groups in total. The van der Waals surface area contributed by atoms with Crippen molar-refractivity contribution in [2.45, 2.75) is 64.9 Å². The summed E-state index contributed by atoms with van der Waals surface area (Å²) < 4.78 is 30.2. The lowest BCUT2D eigenvalue weighted by molar-refractivity contribution is -0.120. The quantitative estimate of drug-likeness (QED) is 0.107. The van der Waals surface area contributed by atoms with Crippen molar-refractivity contribution in [3.63, 3.8) is 0 Å². The second kappa shape index (κ2) is 17.9. The number of hydrogen-bond donors (Lipinski definition) is 4. The maximum absolute atomic E-state index is 15.2. The molecule has 15 heteroatoms. The molecular weight excluding hydrogens is 843 g/mol. The lowest BCUT2D eigenvalue weighted by atomic mass is 9.71. The topological polar surface area (TPSA) is 164 Å². The molecule has 13 nitrogen and oxygen atoms in total. The standard InChI is InChI=1S/C51H52F2N8O5/c1-31-39(27-36(52)28-42(31)57-47(63)38-12-11-35(26-41(38)53)50(2,3)66)45-40-29-43(56-46(40)55-30-54-45)33-9-7-32(8-10-33)13-19-59-21-15-51(16-22-59)17-23-60(24-18-51)48(64)34-5-4-6-37(25-34)61-20-14-44(62)58-49(61)65/h4-12,25-30,66H,13-24H2,1-3H3,(H,57,63)(H,54,55,56)(H,58,62,65). The van der Waals surface area contributed by atoms with Crippen LogP contribution in [0.15, 0.2) is 91.3 Å². The Labute approximate surface area is 381 Å². The molecule has 4 aromatic carbocycles. The minimum Gasteiger partial charge on any atom is -0.386 e. The number of urea groups is 1. The van der Waals surface area contributed by atoms with Gasteiger partial charge in [0.05, 0.1) is 16.9 Å². The molecular formula is C51H52F2N8O5. The number of imide groups is 1. The Morgan fingerprint density at radius 2 is 1.62 bits per heavy atom. The molecule has 1 spiro atoms. The average Bonchev–Trinajstić information content (AvgIpc) is 3.75. The molecule has 0 atom stereocenters. The zero-order valence-corrected chi connectivity index (χ0v) is 37.2. The van der Waals surface area contributed by atoms with E-state index in [0.29, 0.717) is 57.8 Å². The Bertz CT molecular complexity index is 2860. The van der Waals surface area contributed by atoms with Crippen LogP contribution in [0.2, 0.25) is 0 Å². The maximum Gasteiger partial charge on any atom is 0.328 e. The maximum atomic E-state index is 15.2. The number of fused-ring (bicyclic) bond motifs is 1. The number of hydrogen-bond acceptors (Lipinski definition) is 8. The fraction of sp³-hybridized carbons (Fsp3) is 0.333. The van der Waals surface area contributed by atoms with Crippen molar-refractivity contribution >= 4 is 46.2 Å². The summed E-state index contributed by atoms with van der Waals surface area (Å²) in [6.07, 6.45) is 6.67. The molecule has 9 rings (SSSR count). The number of carbonyl (C=O) groups excluding carboxylic acids is 4. The number of anilines is 2. The van der Waals surface area contributed by atoms with Gasteiger partial charge in [0.2, 0.25) is 5.91 Å². The summed E-state index contributed by atoms with van der Waals surface area (Å²) in [5.41, 5.74) is 5.38. The fourth-order valence-corrected chi connectivity index (χ4v) is 9.51. The number of rotatable bonds is 10. The van der Waals surface area contributed by atoms with E-state index in [4.69, 9.17) is 0 Å². The van der Waals surface area contributed by atoms with Crippen molar-refractivity contribution < 1.29 is 33.1 Å². The molecule has 0 aliphatic carbocycles. The van der Waals surface area contributed by atoms with Gasteiger partial charge in [-0.1, -0.05) is 36.4 Å². The van der Waals surface area contributed by atoms with E-state index in [1.54, 1.807) is 31.2 Å². The van der Waals surface area contributed by atoms with Crippen molar-refractivity contribution in [1.82, 2.24) is 30.1 Å². The highest BCUT2D eigenvalue weighted by atomic mass is 19.1. The number of halogens is 2. The number of aromatic nitrogens is 3. The molecule has 66 heavy (non-hydrogen) atoms. The number of carbonyl (C=O) groups is 4. The summed E-state index contributed by atoms with van der Waals surface area (Å²) in [6, 6.07) is 23.4. The van der Waals surface area contributed by atoms with Crippen molar-refractivity contribution in [3.05, 3.63) is 131 Å². The number of nitrogens with one attached hydrogen (secondary N) is 3. The van der Waals surface area contributed by atoms with Crippen LogP contribution in [0.5, 0.6) is 0 Å². The summed E-state index contributed by atoms with van der Waals surface area (Å²) in [7, 11) is 0. The lowest BCUT2D eigenvalue weighted by Gasteiger charge is -2.47. The highest BCUT2D eigenvalue weighted by Crippen LogP contribution is 2.42. The van der Waals surface area contributed by atoms with Gasteiger partial charge in [-0.15, -0.1) is 0 Å². The fourth-order valence-electron chi connectivity index (χ4n) is 9.51. The van der Waals surface area contributed by atoms with E-state index in [9.17, 15) is 28.7 Å². The van der Waals surface area contributed by atoms with Gasteiger partial charge in [0.25, 0.3) is 11.8 Å². The van der Waals surface area contributed by atoms with Crippen LogP contribution in [0.3, 0.4) is 0 Å². The van der Waals surface area contributed by atoms with Crippen LogP contribution in [0.25, 0.3) is 33.5 Å². The highest BCUT2D eigenvalue weighted by Gasteiger charge is 2.39. The van der Waals surface area contributed by atoms with Crippen LogP contribution in [0, 0.1) is 24.0 Å². The van der Waals surface area contributed by atoms with E-state index in [2.05, 4.69) is 54.8 Å². The molecule has 2 aromatic heterocycles. The van der Waals surface area contributed by atoms with E-state index in [1.807, 2.05) is 11.0 Å². The second-order valence-corrected chi connectivity index (χ2v) is 18.4. The number of aromatic amines is 1. The third-order valence-corrected chi connectivity index (χ3v) is 13.7. The van der Waals surface area contributed by atoms with E-state index < -0.39 is 29.2 Å². The number of piperidine rings is 2. The first-order valence-electron chi connectivity index (χ1n) is 22.4. The van der Waals surface area contributed by atoms with Crippen LogP contribution < -0.4 is 15.5 Å². The number of H-pyrrole nitrogens is 1.